The van der Waals surface area contributed by atoms with Crippen LogP contribution < -0.4 is 0 Å². The van der Waals surface area contributed by atoms with E-state index in [0.717, 1.165) is 25.7 Å². The normalized spacial score (nSPS) is 21.7. The minimum Gasteiger partial charge on any atom is -0.472 e. The van der Waals surface area contributed by atoms with Crippen LogP contribution in [0.1, 0.15) is 39.0 Å². The quantitative estimate of drug-likeness (QED) is 0.543. The summed E-state index contributed by atoms with van der Waals surface area (Å²) >= 11 is 0. The van der Waals surface area contributed by atoms with E-state index in [1.807, 2.05) is 0 Å². The number of carbonyl (C=O) groups excluding carboxylic acids is 2. The van der Waals surface area contributed by atoms with Crippen molar-refractivity contribution in [3.63, 3.8) is 0 Å². The third-order valence-corrected chi connectivity index (χ3v) is 3.25. The van der Waals surface area contributed by atoms with Crippen molar-refractivity contribution in [2.75, 3.05) is 6.61 Å². The molecule has 0 aromatic heterocycles. The van der Waals surface area contributed by atoms with Crippen molar-refractivity contribution in [1.82, 2.24) is 0 Å². The van der Waals surface area contributed by atoms with Crippen LogP contribution in [0.2, 0.25) is 0 Å². The third-order valence-electron chi connectivity index (χ3n) is 3.25. The molecule has 0 atom stereocenters. The predicted molar refractivity (Wildman–Crippen MR) is 60.8 cm³/mol. The molecule has 0 unspecified atom stereocenters. The summed E-state index contributed by atoms with van der Waals surface area (Å²) in [5, 5.41) is 0. The Balaban J connectivity index is 2.25. The molecule has 0 N–H and O–H groups in total. The van der Waals surface area contributed by atoms with E-state index < -0.39 is 11.6 Å². The van der Waals surface area contributed by atoms with Gasteiger partial charge in [0.05, 0.1) is 6.61 Å². The van der Waals surface area contributed by atoms with Crippen LogP contribution in [0.3, 0.4) is 0 Å². The van der Waals surface area contributed by atoms with E-state index >= 15 is 0 Å². The second-order valence-electron chi connectivity index (χ2n) is 4.44. The SMILES string of the molecule is CCOC(=O)C1=CC2(CCCCC2)OC1=C=O. The predicted octanol–water partition coefficient (Wildman–Crippen LogP) is 1.92. The van der Waals surface area contributed by atoms with E-state index in [9.17, 15) is 9.59 Å². The first-order chi connectivity index (χ1) is 8.21. The Hall–Kier alpha value is -1.54. The Morgan fingerprint density at radius 3 is 2.76 bits per heavy atom. The molecule has 1 saturated carbocycles. The first-order valence-corrected chi connectivity index (χ1v) is 6.05. The van der Waals surface area contributed by atoms with E-state index in [1.54, 1.807) is 18.9 Å². The highest BCUT2D eigenvalue weighted by atomic mass is 16.5. The Morgan fingerprint density at radius 1 is 1.47 bits per heavy atom. The van der Waals surface area contributed by atoms with Crippen LogP contribution in [-0.4, -0.2) is 24.1 Å². The van der Waals surface area contributed by atoms with Crippen LogP contribution in [0.25, 0.3) is 0 Å². The number of hydrogen-bond donors (Lipinski definition) is 0. The highest BCUT2D eigenvalue weighted by Crippen LogP contribution is 2.41. The molecule has 17 heavy (non-hydrogen) atoms. The van der Waals surface area contributed by atoms with Crippen molar-refractivity contribution in [2.24, 2.45) is 0 Å². The van der Waals surface area contributed by atoms with Gasteiger partial charge in [-0.25, -0.2) is 9.59 Å². The van der Waals surface area contributed by atoms with Gasteiger partial charge in [-0.05, 0) is 38.7 Å². The van der Waals surface area contributed by atoms with Gasteiger partial charge in [0.15, 0.2) is 5.94 Å². The molecule has 0 aromatic rings. The highest BCUT2D eigenvalue weighted by molar-refractivity contribution is 5.96. The van der Waals surface area contributed by atoms with Crippen molar-refractivity contribution in [2.45, 2.75) is 44.6 Å². The van der Waals surface area contributed by atoms with E-state index in [0.29, 0.717) is 0 Å². The lowest BCUT2D eigenvalue weighted by atomic mass is 9.84. The third kappa shape index (κ3) is 2.27. The van der Waals surface area contributed by atoms with Gasteiger partial charge in [0, 0.05) is 0 Å². The molecule has 0 amide bonds. The van der Waals surface area contributed by atoms with E-state index in [-0.39, 0.29) is 17.9 Å². The summed E-state index contributed by atoms with van der Waals surface area (Å²) in [6, 6.07) is 0. The van der Waals surface area contributed by atoms with Crippen molar-refractivity contribution < 1.29 is 19.1 Å². The van der Waals surface area contributed by atoms with Gasteiger partial charge >= 0.3 is 5.97 Å². The summed E-state index contributed by atoms with van der Waals surface area (Å²) in [5.74, 6) is 1.21. The van der Waals surface area contributed by atoms with Gasteiger partial charge in [0.1, 0.15) is 11.2 Å². The van der Waals surface area contributed by atoms with Crippen LogP contribution >= 0.6 is 0 Å². The van der Waals surface area contributed by atoms with Crippen LogP contribution in [0, 0.1) is 0 Å². The molecule has 2 aliphatic rings. The van der Waals surface area contributed by atoms with Gasteiger partial charge in [-0.3, -0.25) is 0 Å². The first kappa shape index (κ1) is 11.9. The van der Waals surface area contributed by atoms with Crippen LogP contribution in [0.5, 0.6) is 0 Å². The summed E-state index contributed by atoms with van der Waals surface area (Å²) in [6.45, 7) is 2.02. The van der Waals surface area contributed by atoms with Crippen molar-refractivity contribution in [3.8, 4) is 0 Å². The minimum absolute atomic E-state index is 0.00495. The average molecular weight is 236 g/mol. The van der Waals surface area contributed by atoms with Gasteiger partial charge in [-0.15, -0.1) is 0 Å². The summed E-state index contributed by atoms with van der Waals surface area (Å²) in [4.78, 5) is 22.5. The lowest BCUT2D eigenvalue weighted by Gasteiger charge is -2.30. The van der Waals surface area contributed by atoms with Gasteiger partial charge < -0.3 is 9.47 Å². The first-order valence-electron chi connectivity index (χ1n) is 6.05. The monoisotopic (exact) mass is 236 g/mol. The topological polar surface area (TPSA) is 52.6 Å². The Labute approximate surface area is 100 Å². The van der Waals surface area contributed by atoms with Crippen molar-refractivity contribution in [3.05, 3.63) is 17.4 Å². The fourth-order valence-electron chi connectivity index (χ4n) is 2.45. The molecule has 4 nitrogen and oxygen atoms in total. The maximum Gasteiger partial charge on any atom is 0.342 e. The number of rotatable bonds is 2. The minimum atomic E-state index is -0.492. The fourth-order valence-corrected chi connectivity index (χ4v) is 2.45. The lowest BCUT2D eigenvalue weighted by Crippen LogP contribution is -2.29. The molecule has 1 fully saturated rings. The Morgan fingerprint density at radius 2 is 2.18 bits per heavy atom. The molecule has 0 bridgehead atoms. The molecular weight excluding hydrogens is 220 g/mol. The molecule has 1 aliphatic heterocycles. The zero-order valence-electron chi connectivity index (χ0n) is 9.95. The Bertz CT molecular complexity index is 396. The molecule has 4 heteroatoms. The molecule has 2 rings (SSSR count). The summed E-state index contributed by atoms with van der Waals surface area (Å²) in [6.07, 6.45) is 6.73. The van der Waals surface area contributed by atoms with Crippen LogP contribution in [0.15, 0.2) is 17.4 Å². The molecule has 92 valence electrons. The maximum absolute atomic E-state index is 11.7. The standard InChI is InChI=1S/C13H16O4/c1-2-16-12(15)10-8-13(17-11(10)9-14)6-4-3-5-7-13/h8H,2-7H2,1H3. The fraction of sp³-hybridized carbons (Fsp3) is 0.615. The van der Waals surface area contributed by atoms with Gasteiger partial charge in [-0.1, -0.05) is 6.42 Å². The molecule has 0 saturated heterocycles. The second-order valence-corrected chi connectivity index (χ2v) is 4.44. The summed E-state index contributed by atoms with van der Waals surface area (Å²) in [7, 11) is 0. The highest BCUT2D eigenvalue weighted by Gasteiger charge is 2.42. The maximum atomic E-state index is 11.7. The number of ether oxygens (including phenoxy) is 2. The van der Waals surface area contributed by atoms with E-state index in [2.05, 4.69) is 0 Å². The number of esters is 1. The zero-order chi connectivity index (χ0) is 12.3. The molecule has 1 spiro atoms. The smallest absolute Gasteiger partial charge is 0.342 e. The number of hydrogen-bond acceptors (Lipinski definition) is 4. The largest absolute Gasteiger partial charge is 0.472 e. The van der Waals surface area contributed by atoms with Crippen LogP contribution in [0.4, 0.5) is 0 Å². The average Bonchev–Trinajstić information content (AvgIpc) is 2.69. The van der Waals surface area contributed by atoms with Crippen LogP contribution in [-0.2, 0) is 19.1 Å². The van der Waals surface area contributed by atoms with Crippen molar-refractivity contribution >= 4 is 11.9 Å². The Kier molecular flexibility index (Phi) is 3.34. The molecular formula is C13H16O4. The summed E-state index contributed by atoms with van der Waals surface area (Å²) < 4.78 is 10.5. The summed E-state index contributed by atoms with van der Waals surface area (Å²) in [5.41, 5.74) is -0.226. The molecule has 1 aliphatic carbocycles. The molecule has 0 radical (unpaired) electrons. The number of carbonyl (C=O) groups is 1. The lowest BCUT2D eigenvalue weighted by molar-refractivity contribution is -0.138. The van der Waals surface area contributed by atoms with Gasteiger partial charge in [0.25, 0.3) is 0 Å². The molecule has 0 aromatic carbocycles. The van der Waals surface area contributed by atoms with Gasteiger partial charge in [-0.2, -0.15) is 0 Å². The molecule has 1 heterocycles. The zero-order valence-corrected chi connectivity index (χ0v) is 9.95. The van der Waals surface area contributed by atoms with Crippen molar-refractivity contribution in [1.29, 1.82) is 0 Å². The van der Waals surface area contributed by atoms with E-state index in [4.69, 9.17) is 9.47 Å². The van der Waals surface area contributed by atoms with Gasteiger partial charge in [0.2, 0.25) is 5.76 Å². The van der Waals surface area contributed by atoms with E-state index in [1.165, 1.54) is 6.42 Å². The second kappa shape index (κ2) is 4.76.